The van der Waals surface area contributed by atoms with Gasteiger partial charge in [-0.2, -0.15) is 0 Å². The van der Waals surface area contributed by atoms with Gasteiger partial charge in [0.25, 0.3) is 5.78 Å². The van der Waals surface area contributed by atoms with Crippen molar-refractivity contribution in [2.45, 2.75) is 19.8 Å². The molecule has 0 saturated heterocycles. The van der Waals surface area contributed by atoms with Gasteiger partial charge in [-0.15, -0.1) is 0 Å². The maximum Gasteiger partial charge on any atom is 0.379 e. The van der Waals surface area contributed by atoms with Crippen molar-refractivity contribution < 1.29 is 14.3 Å². The van der Waals surface area contributed by atoms with E-state index in [9.17, 15) is 9.59 Å². The van der Waals surface area contributed by atoms with Crippen LogP contribution in [0.3, 0.4) is 0 Å². The Bertz CT molecular complexity index is 1260. The number of carbonyl (C=O) groups excluding carboxylic acids is 2. The number of ketones is 1. The Morgan fingerprint density at radius 2 is 1.87 bits per heavy atom. The third-order valence-corrected chi connectivity index (χ3v) is 4.91. The third kappa shape index (κ3) is 3.87. The van der Waals surface area contributed by atoms with Crippen LogP contribution in [0.1, 0.15) is 35.7 Å². The standard InChI is InChI=1S/C23H21N5O3/c1-13(2)15-11-25-20(14-7-5-4-6-8-14)28-21(15)27-17-9-10-24-22-18(17)16(12-26-22)19(29)23(30)31-3/h4-13H,1-3H3,(H2,24,25,26,27,28). The minimum absolute atomic E-state index is 0.159. The number of H-pyrrole nitrogens is 1. The Morgan fingerprint density at radius 3 is 2.58 bits per heavy atom. The first-order valence-corrected chi connectivity index (χ1v) is 9.77. The summed E-state index contributed by atoms with van der Waals surface area (Å²) < 4.78 is 4.59. The smallest absolute Gasteiger partial charge is 0.379 e. The average Bonchev–Trinajstić information content (AvgIpc) is 3.23. The molecular weight excluding hydrogens is 394 g/mol. The third-order valence-electron chi connectivity index (χ3n) is 4.91. The monoisotopic (exact) mass is 415 g/mol. The minimum Gasteiger partial charge on any atom is -0.463 e. The number of Topliss-reactive ketones (excluding diaryl/α,β-unsaturated/α-hetero) is 1. The van der Waals surface area contributed by atoms with Crippen LogP contribution in [-0.2, 0) is 9.53 Å². The summed E-state index contributed by atoms with van der Waals surface area (Å²) in [6.07, 6.45) is 4.88. The molecule has 31 heavy (non-hydrogen) atoms. The van der Waals surface area contributed by atoms with Crippen molar-refractivity contribution in [3.05, 3.63) is 66.1 Å². The Labute approximate surface area is 178 Å². The van der Waals surface area contributed by atoms with Gasteiger partial charge < -0.3 is 15.0 Å². The number of fused-ring (bicyclic) bond motifs is 1. The normalized spacial score (nSPS) is 11.0. The van der Waals surface area contributed by atoms with Crippen molar-refractivity contribution in [3.8, 4) is 11.4 Å². The Hall–Kier alpha value is -4.07. The van der Waals surface area contributed by atoms with Crippen LogP contribution in [-0.4, -0.2) is 38.8 Å². The molecule has 4 rings (SSSR count). The lowest BCUT2D eigenvalue weighted by Crippen LogP contribution is -2.15. The highest BCUT2D eigenvalue weighted by Gasteiger charge is 2.23. The van der Waals surface area contributed by atoms with E-state index in [4.69, 9.17) is 4.98 Å². The van der Waals surface area contributed by atoms with Crippen LogP contribution in [0, 0.1) is 0 Å². The van der Waals surface area contributed by atoms with Gasteiger partial charge in [0.2, 0.25) is 0 Å². The van der Waals surface area contributed by atoms with E-state index < -0.39 is 11.8 Å². The highest BCUT2D eigenvalue weighted by atomic mass is 16.5. The van der Waals surface area contributed by atoms with E-state index in [0.717, 1.165) is 11.1 Å². The van der Waals surface area contributed by atoms with Crippen molar-refractivity contribution in [3.63, 3.8) is 0 Å². The first kappa shape index (κ1) is 20.2. The maximum atomic E-state index is 12.5. The van der Waals surface area contributed by atoms with Crippen molar-refractivity contribution in [1.29, 1.82) is 0 Å². The number of rotatable bonds is 6. The Balaban J connectivity index is 1.83. The molecule has 0 bridgehead atoms. The summed E-state index contributed by atoms with van der Waals surface area (Å²) in [4.78, 5) is 40.8. The van der Waals surface area contributed by atoms with Crippen LogP contribution in [0.5, 0.6) is 0 Å². The lowest BCUT2D eigenvalue weighted by Gasteiger charge is -2.15. The van der Waals surface area contributed by atoms with Gasteiger partial charge in [-0.25, -0.2) is 19.7 Å². The molecule has 0 atom stereocenters. The highest BCUT2D eigenvalue weighted by molar-refractivity contribution is 6.43. The maximum absolute atomic E-state index is 12.5. The molecule has 156 valence electrons. The second kappa shape index (κ2) is 8.35. The van der Waals surface area contributed by atoms with Crippen LogP contribution < -0.4 is 5.32 Å². The number of aromatic amines is 1. The van der Waals surface area contributed by atoms with Crippen molar-refractivity contribution in [2.75, 3.05) is 12.4 Å². The second-order valence-corrected chi connectivity index (χ2v) is 7.25. The van der Waals surface area contributed by atoms with Crippen molar-refractivity contribution in [2.24, 2.45) is 0 Å². The molecule has 8 nitrogen and oxygen atoms in total. The van der Waals surface area contributed by atoms with E-state index in [1.165, 1.54) is 13.3 Å². The number of nitrogens with zero attached hydrogens (tertiary/aromatic N) is 3. The zero-order chi connectivity index (χ0) is 22.0. The van der Waals surface area contributed by atoms with Gasteiger partial charge in [0.15, 0.2) is 5.82 Å². The zero-order valence-corrected chi connectivity index (χ0v) is 17.3. The molecule has 0 unspecified atom stereocenters. The fraction of sp³-hybridized carbons (Fsp3) is 0.174. The van der Waals surface area contributed by atoms with Gasteiger partial charge in [-0.05, 0) is 12.0 Å². The second-order valence-electron chi connectivity index (χ2n) is 7.25. The van der Waals surface area contributed by atoms with E-state index in [0.29, 0.717) is 28.4 Å². The predicted molar refractivity (Wildman–Crippen MR) is 117 cm³/mol. The molecule has 0 fully saturated rings. The first-order valence-electron chi connectivity index (χ1n) is 9.77. The molecule has 0 aliphatic heterocycles. The summed E-state index contributed by atoms with van der Waals surface area (Å²) in [6, 6.07) is 11.4. The number of nitrogens with one attached hydrogen (secondary N) is 2. The quantitative estimate of drug-likeness (QED) is 0.275. The molecule has 1 aromatic carbocycles. The zero-order valence-electron chi connectivity index (χ0n) is 17.3. The number of methoxy groups -OCH3 is 1. The molecular formula is C23H21N5O3. The van der Waals surface area contributed by atoms with Crippen LogP contribution in [0.15, 0.2) is 55.0 Å². The van der Waals surface area contributed by atoms with Gasteiger partial charge in [0, 0.05) is 29.7 Å². The summed E-state index contributed by atoms with van der Waals surface area (Å²) in [5, 5.41) is 3.82. The SMILES string of the molecule is COC(=O)C(=O)c1c[nH]c2nccc(Nc3nc(-c4ccccc4)ncc3C(C)C)c12. The number of pyridine rings is 1. The number of carbonyl (C=O) groups is 2. The van der Waals surface area contributed by atoms with E-state index in [1.54, 1.807) is 18.5 Å². The Kier molecular flexibility index (Phi) is 5.44. The largest absolute Gasteiger partial charge is 0.463 e. The molecule has 0 aliphatic carbocycles. The number of anilines is 2. The molecule has 0 aliphatic rings. The van der Waals surface area contributed by atoms with Crippen molar-refractivity contribution in [1.82, 2.24) is 19.9 Å². The summed E-state index contributed by atoms with van der Waals surface area (Å²) in [5.41, 5.74) is 3.06. The van der Waals surface area contributed by atoms with Gasteiger partial charge in [0.1, 0.15) is 11.5 Å². The topological polar surface area (TPSA) is 110 Å². The predicted octanol–water partition coefficient (Wildman–Crippen LogP) is 4.24. The number of aromatic nitrogens is 4. The summed E-state index contributed by atoms with van der Waals surface area (Å²) >= 11 is 0. The molecule has 4 aromatic rings. The van der Waals surface area contributed by atoms with E-state index in [-0.39, 0.29) is 11.5 Å². The Morgan fingerprint density at radius 1 is 1.10 bits per heavy atom. The van der Waals surface area contributed by atoms with Crippen LogP contribution in [0.4, 0.5) is 11.5 Å². The number of hydrogen-bond acceptors (Lipinski definition) is 7. The molecule has 0 amide bonds. The minimum atomic E-state index is -0.938. The number of ether oxygens (including phenoxy) is 1. The van der Waals surface area contributed by atoms with Gasteiger partial charge in [-0.3, -0.25) is 4.79 Å². The summed E-state index contributed by atoms with van der Waals surface area (Å²) in [7, 11) is 1.17. The van der Waals surface area contributed by atoms with E-state index in [1.807, 2.05) is 30.3 Å². The van der Waals surface area contributed by atoms with Gasteiger partial charge in [-0.1, -0.05) is 44.2 Å². The van der Waals surface area contributed by atoms with E-state index in [2.05, 4.69) is 38.9 Å². The fourth-order valence-electron chi connectivity index (χ4n) is 3.31. The molecule has 0 radical (unpaired) electrons. The van der Waals surface area contributed by atoms with Gasteiger partial charge >= 0.3 is 5.97 Å². The molecule has 3 heterocycles. The number of hydrogen-bond donors (Lipinski definition) is 2. The van der Waals surface area contributed by atoms with Crippen molar-refractivity contribution >= 4 is 34.3 Å². The summed E-state index contributed by atoms with van der Waals surface area (Å²) in [6.45, 7) is 4.10. The molecule has 8 heteroatoms. The first-order chi connectivity index (χ1) is 15.0. The fourth-order valence-corrected chi connectivity index (χ4v) is 3.31. The lowest BCUT2D eigenvalue weighted by atomic mass is 10.1. The van der Waals surface area contributed by atoms with Crippen LogP contribution in [0.2, 0.25) is 0 Å². The van der Waals surface area contributed by atoms with E-state index >= 15 is 0 Å². The highest BCUT2D eigenvalue weighted by Crippen LogP contribution is 2.32. The van der Waals surface area contributed by atoms with Crippen LogP contribution >= 0.6 is 0 Å². The number of esters is 1. The molecule has 2 N–H and O–H groups in total. The molecule has 0 spiro atoms. The molecule has 3 aromatic heterocycles. The lowest BCUT2D eigenvalue weighted by molar-refractivity contribution is -0.135. The number of benzene rings is 1. The average molecular weight is 415 g/mol. The van der Waals surface area contributed by atoms with Crippen LogP contribution in [0.25, 0.3) is 22.4 Å². The van der Waals surface area contributed by atoms with Gasteiger partial charge in [0.05, 0.1) is 23.7 Å². The molecule has 0 saturated carbocycles. The summed E-state index contributed by atoms with van der Waals surface area (Å²) in [5.74, 6) is -0.327.